The molecule has 0 aromatic heterocycles. The van der Waals surface area contributed by atoms with E-state index in [9.17, 15) is 24.1 Å². The second-order valence-corrected chi connectivity index (χ2v) is 14.1. The van der Waals surface area contributed by atoms with Gasteiger partial charge in [0.2, 0.25) is 19.6 Å². The van der Waals surface area contributed by atoms with Gasteiger partial charge in [0, 0.05) is 25.0 Å². The van der Waals surface area contributed by atoms with Crippen LogP contribution < -0.4 is 34.7 Å². The molecule has 0 spiro atoms. The average molecular weight is 586 g/mol. The number of carboxylic acid groups (broad SMARTS) is 1. The minimum Gasteiger partial charge on any atom is -0.548 e. The topological polar surface area (TPSA) is 113 Å². The Morgan fingerprint density at radius 1 is 1.05 bits per heavy atom. The van der Waals surface area contributed by atoms with Crippen LogP contribution in [0.4, 0.5) is 0 Å². The second kappa shape index (κ2) is 17.1. The van der Waals surface area contributed by atoms with Gasteiger partial charge in [-0.15, -0.1) is 0 Å². The fraction of sp³-hybridized carbons (Fsp3) is 0.700. The minimum absolute atomic E-state index is 0. The molecule has 40 heavy (non-hydrogen) atoms. The molecular formula is C30H45NNaO7P. The monoisotopic (exact) mass is 585 g/mol. The van der Waals surface area contributed by atoms with Gasteiger partial charge in [0.05, 0.1) is 12.0 Å². The first kappa shape index (κ1) is 35.0. The van der Waals surface area contributed by atoms with Gasteiger partial charge in [-0.25, -0.2) is 0 Å². The number of esters is 1. The summed E-state index contributed by atoms with van der Waals surface area (Å²) in [6.45, 7) is 5.62. The fourth-order valence-corrected chi connectivity index (χ4v) is 8.09. The van der Waals surface area contributed by atoms with E-state index in [4.69, 9.17) is 9.26 Å². The number of hydrogen-bond donors (Lipinski definition) is 0. The van der Waals surface area contributed by atoms with Crippen molar-refractivity contribution in [1.82, 2.24) is 4.90 Å². The Morgan fingerprint density at radius 2 is 1.73 bits per heavy atom. The van der Waals surface area contributed by atoms with Crippen LogP contribution >= 0.6 is 7.37 Å². The molecule has 8 nitrogen and oxygen atoms in total. The maximum absolute atomic E-state index is 14.2. The maximum Gasteiger partial charge on any atom is 1.00 e. The standard InChI is InChI=1S/C30H46NO7P.Na/c1-4-28(33)37-30(22(2)3)38-39(36,18-12-11-15-23-13-7-5-8-14-23)21-27(32)31-20-25(19-26(31)29(34)35)24-16-9-6-10-17-24;/h5,7-8,13-14,22,24-26,30H,4,6,9-12,15-21H2,1-3H3,(H,34,35);/q;+1/p-1. The summed E-state index contributed by atoms with van der Waals surface area (Å²) in [6, 6.07) is 8.96. The summed E-state index contributed by atoms with van der Waals surface area (Å²) in [5, 5.41) is 12.0. The van der Waals surface area contributed by atoms with Crippen LogP contribution in [0, 0.1) is 17.8 Å². The number of benzene rings is 1. The summed E-state index contributed by atoms with van der Waals surface area (Å²) in [5.41, 5.74) is 1.17. The molecule has 1 saturated heterocycles. The summed E-state index contributed by atoms with van der Waals surface area (Å²) in [6.07, 6.45) is 6.88. The van der Waals surface area contributed by atoms with Gasteiger partial charge < -0.3 is 19.5 Å². The fourth-order valence-electron chi connectivity index (χ4n) is 5.79. The quantitative estimate of drug-likeness (QED) is 0.108. The van der Waals surface area contributed by atoms with Crippen molar-refractivity contribution < 1.29 is 62.9 Å². The summed E-state index contributed by atoms with van der Waals surface area (Å²) >= 11 is 0. The first-order valence-corrected chi connectivity index (χ1v) is 16.6. The number of carbonyl (C=O) groups excluding carboxylic acids is 3. The zero-order valence-electron chi connectivity index (χ0n) is 24.7. The van der Waals surface area contributed by atoms with Crippen LogP contribution in [0.25, 0.3) is 0 Å². The van der Waals surface area contributed by atoms with Gasteiger partial charge in [0.25, 0.3) is 0 Å². The van der Waals surface area contributed by atoms with Crippen LogP contribution in [0.15, 0.2) is 30.3 Å². The molecule has 1 saturated carbocycles. The van der Waals surface area contributed by atoms with Crippen molar-refractivity contribution in [3.8, 4) is 0 Å². The molecule has 0 bridgehead atoms. The maximum atomic E-state index is 14.2. The molecule has 4 unspecified atom stereocenters. The number of aryl methyl sites for hydroxylation is 1. The van der Waals surface area contributed by atoms with E-state index >= 15 is 0 Å². The summed E-state index contributed by atoms with van der Waals surface area (Å²) in [5.74, 6) is -1.99. The molecule has 218 valence electrons. The van der Waals surface area contributed by atoms with Gasteiger partial charge in [-0.1, -0.05) is 83.2 Å². The van der Waals surface area contributed by atoms with Crippen LogP contribution in [0.2, 0.25) is 0 Å². The van der Waals surface area contributed by atoms with E-state index in [0.29, 0.717) is 25.3 Å². The van der Waals surface area contributed by atoms with Gasteiger partial charge in [-0.2, -0.15) is 0 Å². The molecule has 2 fully saturated rings. The number of carboxylic acids is 1. The molecule has 1 amide bonds. The van der Waals surface area contributed by atoms with E-state index in [2.05, 4.69) is 0 Å². The molecule has 2 aliphatic rings. The molecule has 0 radical (unpaired) electrons. The molecule has 1 aliphatic carbocycles. The zero-order chi connectivity index (χ0) is 28.4. The van der Waals surface area contributed by atoms with Crippen molar-refractivity contribution in [1.29, 1.82) is 0 Å². The Bertz CT molecular complexity index is 999. The number of ether oxygens (including phenoxy) is 1. The van der Waals surface area contributed by atoms with E-state index in [1.807, 2.05) is 30.3 Å². The molecule has 1 aromatic carbocycles. The molecule has 1 aromatic rings. The third-order valence-corrected chi connectivity index (χ3v) is 10.4. The first-order valence-electron chi connectivity index (χ1n) is 14.6. The molecule has 0 N–H and O–H groups in total. The SMILES string of the molecule is CCC(=O)OC(OP(=O)(CCCCc1ccccc1)CC(=O)N1CC(C2CCCCC2)CC1C(=O)[O-])C(C)C.[Na+]. The van der Waals surface area contributed by atoms with Crippen molar-refractivity contribution in [2.75, 3.05) is 18.9 Å². The van der Waals surface area contributed by atoms with Gasteiger partial charge in [-0.3, -0.25) is 18.7 Å². The Labute approximate surface area is 261 Å². The minimum atomic E-state index is -3.62. The molecular weight excluding hydrogens is 540 g/mol. The van der Waals surface area contributed by atoms with Crippen LogP contribution in [-0.2, 0) is 34.6 Å². The van der Waals surface area contributed by atoms with E-state index in [1.165, 1.54) is 16.9 Å². The van der Waals surface area contributed by atoms with Crippen molar-refractivity contribution in [2.24, 2.45) is 17.8 Å². The zero-order valence-corrected chi connectivity index (χ0v) is 27.6. The number of unbranched alkanes of at least 4 members (excludes halogenated alkanes) is 1. The molecule has 1 aliphatic heterocycles. The van der Waals surface area contributed by atoms with E-state index in [1.54, 1.807) is 20.8 Å². The van der Waals surface area contributed by atoms with Crippen LogP contribution in [0.3, 0.4) is 0 Å². The Hall–Kier alpha value is -1.18. The van der Waals surface area contributed by atoms with Gasteiger partial charge in [0.1, 0.15) is 6.16 Å². The number of aliphatic carboxylic acids is 1. The first-order chi connectivity index (χ1) is 18.6. The number of amides is 1. The molecule has 1 heterocycles. The summed E-state index contributed by atoms with van der Waals surface area (Å²) < 4.78 is 25.6. The third-order valence-electron chi connectivity index (χ3n) is 8.05. The van der Waals surface area contributed by atoms with Crippen LogP contribution in [-0.4, -0.2) is 53.9 Å². The van der Waals surface area contributed by atoms with E-state index < -0.39 is 43.7 Å². The Balaban J connectivity index is 0.00000560. The van der Waals surface area contributed by atoms with Gasteiger partial charge in [0.15, 0.2) is 0 Å². The average Bonchev–Trinajstić information content (AvgIpc) is 3.38. The van der Waals surface area contributed by atoms with E-state index in [-0.39, 0.29) is 54.0 Å². The largest absolute Gasteiger partial charge is 1.00 e. The summed E-state index contributed by atoms with van der Waals surface area (Å²) in [7, 11) is -3.62. The number of hydrogen-bond acceptors (Lipinski definition) is 7. The molecule has 3 rings (SSSR count). The van der Waals surface area contributed by atoms with Crippen LogP contribution in [0.1, 0.15) is 84.1 Å². The van der Waals surface area contributed by atoms with Gasteiger partial charge in [-0.05, 0) is 43.1 Å². The Kier molecular flexibility index (Phi) is 14.9. The van der Waals surface area contributed by atoms with Crippen molar-refractivity contribution >= 4 is 25.2 Å². The number of likely N-dealkylation sites (tertiary alicyclic amines) is 1. The van der Waals surface area contributed by atoms with Crippen LogP contribution in [0.5, 0.6) is 0 Å². The van der Waals surface area contributed by atoms with Crippen molar-refractivity contribution in [2.45, 2.75) is 97.3 Å². The normalized spacial score (nSPS) is 21.9. The van der Waals surface area contributed by atoms with Gasteiger partial charge >= 0.3 is 35.5 Å². The smallest absolute Gasteiger partial charge is 0.548 e. The van der Waals surface area contributed by atoms with Crippen molar-refractivity contribution in [3.63, 3.8) is 0 Å². The number of rotatable bonds is 14. The molecule has 4 atom stereocenters. The second-order valence-electron chi connectivity index (χ2n) is 11.5. The molecule has 10 heteroatoms. The number of carbonyl (C=O) groups is 3. The van der Waals surface area contributed by atoms with E-state index in [0.717, 1.165) is 38.5 Å². The third kappa shape index (κ3) is 10.6. The Morgan fingerprint density at radius 3 is 2.33 bits per heavy atom. The predicted molar refractivity (Wildman–Crippen MR) is 148 cm³/mol. The predicted octanol–water partition coefficient (Wildman–Crippen LogP) is 1.79. The van der Waals surface area contributed by atoms with Crippen molar-refractivity contribution in [3.05, 3.63) is 35.9 Å². The summed E-state index contributed by atoms with van der Waals surface area (Å²) in [4.78, 5) is 39.0. The number of nitrogens with zero attached hydrogens (tertiary/aromatic N) is 1.